The zero-order valence-corrected chi connectivity index (χ0v) is 79.6. The van der Waals surface area contributed by atoms with Gasteiger partial charge >= 0.3 is 29.8 Å². The lowest BCUT2D eigenvalue weighted by atomic mass is 9.87. The Kier molecular flexibility index (Phi) is 42.0. The second kappa shape index (κ2) is 53.5. The number of thiophene rings is 1. The fraction of sp³-hybridized carbons (Fsp3) is 0.280. The molecule has 3 heterocycles. The summed E-state index contributed by atoms with van der Waals surface area (Å²) in [5, 5.41) is 49.5. The molecule has 134 heavy (non-hydrogen) atoms. The van der Waals surface area contributed by atoms with E-state index in [1.54, 1.807) is 108 Å². The van der Waals surface area contributed by atoms with Crippen molar-refractivity contribution in [3.8, 4) is 40.9 Å². The molecule has 27 heteroatoms. The minimum atomic E-state index is -3.29. The number of likely N-dealkylation sites (N-methyl/N-ethyl adjacent to an activating group) is 3. The predicted molar refractivity (Wildman–Crippen MR) is 526 cm³/mol. The summed E-state index contributed by atoms with van der Waals surface area (Å²) in [5.41, 5.74) is 8.30. The zero-order chi connectivity index (χ0) is 96.7. The van der Waals surface area contributed by atoms with E-state index in [1.807, 2.05) is 136 Å². The van der Waals surface area contributed by atoms with Crippen LogP contribution >= 0.6 is 46.5 Å². The van der Waals surface area contributed by atoms with Crippen LogP contribution in [0.3, 0.4) is 0 Å². The maximum atomic E-state index is 14.8. The Morgan fingerprint density at radius 1 is 0.560 bits per heavy atom. The van der Waals surface area contributed by atoms with Crippen LogP contribution in [0.1, 0.15) is 104 Å². The van der Waals surface area contributed by atoms with Crippen molar-refractivity contribution in [1.29, 1.82) is 0 Å². The van der Waals surface area contributed by atoms with Gasteiger partial charge in [0.1, 0.15) is 47.6 Å². The molecule has 2 aliphatic rings. The highest BCUT2D eigenvalue weighted by molar-refractivity contribution is 7.99. The van der Waals surface area contributed by atoms with Crippen molar-refractivity contribution >= 4 is 93.1 Å². The summed E-state index contributed by atoms with van der Waals surface area (Å²) in [4.78, 5) is 70.9. The van der Waals surface area contributed by atoms with Crippen LogP contribution in [0.15, 0.2) is 303 Å². The van der Waals surface area contributed by atoms with E-state index in [4.69, 9.17) is 46.2 Å². The number of anilines is 1. The van der Waals surface area contributed by atoms with Crippen molar-refractivity contribution < 1.29 is 81.3 Å². The normalized spacial score (nSPS) is 14.7. The van der Waals surface area contributed by atoms with Crippen LogP contribution in [-0.4, -0.2) is 205 Å². The van der Waals surface area contributed by atoms with Crippen molar-refractivity contribution in [2.24, 2.45) is 0 Å². The number of carboxylic acids is 5. The number of carboxylic acid groups (broad SMARTS) is 5. The Morgan fingerprint density at radius 2 is 1.07 bits per heavy atom. The molecule has 0 aliphatic carbocycles. The third-order valence-corrected chi connectivity index (χ3v) is 24.4. The quantitative estimate of drug-likeness (QED) is 0.0190. The predicted octanol–water partition coefficient (Wildman–Crippen LogP) is 21.5. The number of alkyl halides is 2. The molecule has 0 spiro atoms. The monoisotopic (exact) mass is 1900 g/mol. The average Bonchev–Trinajstić information content (AvgIpc) is 0.939. The number of benzene rings is 10. The smallest absolute Gasteiger partial charge is 0.320 e. The Bertz CT molecular complexity index is 5760. The second-order valence-electron chi connectivity index (χ2n) is 33.0. The van der Waals surface area contributed by atoms with Crippen molar-refractivity contribution in [3.63, 3.8) is 0 Å². The highest BCUT2D eigenvalue weighted by atomic mass is 35.5. The first-order valence-corrected chi connectivity index (χ1v) is 46.4. The molecule has 5 N–H and O–H groups in total. The fourth-order valence-electron chi connectivity index (χ4n) is 14.3. The van der Waals surface area contributed by atoms with Gasteiger partial charge in [0.15, 0.2) is 0 Å². The van der Waals surface area contributed by atoms with Crippen LogP contribution < -0.4 is 19.1 Å². The third kappa shape index (κ3) is 35.5. The van der Waals surface area contributed by atoms with Gasteiger partial charge in [-0.1, -0.05) is 201 Å². The van der Waals surface area contributed by atoms with E-state index in [2.05, 4.69) is 130 Å². The molecule has 0 saturated carbocycles. The number of hydrogen-bond acceptors (Lipinski definition) is 17. The van der Waals surface area contributed by atoms with Gasteiger partial charge in [0.25, 0.3) is 5.92 Å². The molecular formula is C107H113ClF4N6O13S3. The number of allylic oxidation sites excluding steroid dienone is 2. The molecule has 0 amide bonds. The molecule has 13 rings (SSSR count). The molecule has 1 aromatic heterocycles. The first kappa shape index (κ1) is 105. The summed E-state index contributed by atoms with van der Waals surface area (Å²) in [6, 6.07) is 77.5. The molecule has 11 aromatic rings. The Labute approximate surface area is 800 Å². The van der Waals surface area contributed by atoms with Crippen molar-refractivity contribution in [2.75, 3.05) is 112 Å². The summed E-state index contributed by atoms with van der Waals surface area (Å²) >= 11 is 11.2. The number of likely N-dealkylation sites (tertiary alicyclic amines) is 1. The number of para-hydroxylation sites is 2. The van der Waals surface area contributed by atoms with Gasteiger partial charge in [-0.05, 0) is 239 Å². The number of carbonyl (C=O) groups is 5. The SMILES string of the molecule is CC(C)(C)c1ccc(Sc2ccccc2OCCN2CCC[C@H]2C(=O)O)cc1.CN(C/C=C(/C#Cc1ccc(F)cc1)c1ccccc1)CC(=O)O.CN(C/C=C(/C#Cc1ccsc1)c1ccccc1)CC(=O)O.CN(CCC(Oc1ccc(C(F)(F)c2ccc(F)cc2)cc1)c1cccc(Cl)c1)CC(=O)O.COc1ccc(Sc2ccccc2N2CC(C)N(CC(=O)O)CC2C)cc1. The first-order chi connectivity index (χ1) is 64.2. The average molecular weight is 1900 g/mol. The number of rotatable bonds is 33. The third-order valence-electron chi connectivity index (χ3n) is 21.3. The van der Waals surface area contributed by atoms with Gasteiger partial charge < -0.3 is 44.6 Å². The van der Waals surface area contributed by atoms with E-state index in [1.165, 1.54) is 57.4 Å². The van der Waals surface area contributed by atoms with Gasteiger partial charge in [0, 0.05) is 116 Å². The number of ether oxygens (including phenoxy) is 3. The molecule has 702 valence electrons. The van der Waals surface area contributed by atoms with Gasteiger partial charge in [0.2, 0.25) is 0 Å². The molecule has 4 atom stereocenters. The van der Waals surface area contributed by atoms with Crippen molar-refractivity contribution in [3.05, 3.63) is 345 Å². The lowest BCUT2D eigenvalue weighted by Gasteiger charge is -2.45. The van der Waals surface area contributed by atoms with Crippen LogP contribution in [0.5, 0.6) is 17.2 Å². The zero-order valence-electron chi connectivity index (χ0n) is 76.4. The molecule has 19 nitrogen and oxygen atoms in total. The summed E-state index contributed by atoms with van der Waals surface area (Å²) in [6.45, 7) is 15.8. The Hall–Kier alpha value is -12.4. The minimum Gasteiger partial charge on any atom is -0.497 e. The van der Waals surface area contributed by atoms with Gasteiger partial charge in [-0.25, -0.2) is 8.78 Å². The number of piperazine rings is 1. The Morgan fingerprint density at radius 3 is 1.60 bits per heavy atom. The summed E-state index contributed by atoms with van der Waals surface area (Å²) < 4.78 is 73.0. The van der Waals surface area contributed by atoms with Crippen LogP contribution in [-0.2, 0) is 35.3 Å². The molecule has 0 bridgehead atoms. The summed E-state index contributed by atoms with van der Waals surface area (Å²) in [5.74, 6) is 6.21. The molecule has 10 aromatic carbocycles. The highest BCUT2D eigenvalue weighted by Gasteiger charge is 2.35. The summed E-state index contributed by atoms with van der Waals surface area (Å²) in [7, 11) is 6.87. The van der Waals surface area contributed by atoms with Gasteiger partial charge in [-0.3, -0.25) is 48.5 Å². The molecule has 3 unspecified atom stereocenters. The van der Waals surface area contributed by atoms with Gasteiger partial charge in [-0.15, -0.1) is 0 Å². The first-order valence-electron chi connectivity index (χ1n) is 43.5. The number of aliphatic carboxylic acids is 5. The maximum Gasteiger partial charge on any atom is 0.320 e. The van der Waals surface area contributed by atoms with Crippen LogP contribution in [0.4, 0.5) is 23.2 Å². The lowest BCUT2D eigenvalue weighted by molar-refractivity contribution is -0.142. The molecular weight excluding hydrogens is 1780 g/mol. The topological polar surface area (TPSA) is 234 Å². The van der Waals surface area contributed by atoms with Crippen LogP contribution in [0, 0.1) is 35.3 Å². The minimum absolute atomic E-state index is 0.0104. The molecule has 0 radical (unpaired) electrons. The van der Waals surface area contributed by atoms with Gasteiger partial charge in [-0.2, -0.15) is 20.1 Å². The summed E-state index contributed by atoms with van der Waals surface area (Å²) in [6.07, 6.45) is 5.52. The fourth-order valence-corrected chi connectivity index (χ4v) is 16.9. The molecule has 2 fully saturated rings. The largest absolute Gasteiger partial charge is 0.497 e. The van der Waals surface area contributed by atoms with E-state index in [9.17, 15) is 46.6 Å². The van der Waals surface area contributed by atoms with Crippen molar-refractivity contribution in [1.82, 2.24) is 24.5 Å². The number of nitrogens with zero attached hydrogens (tertiary/aromatic N) is 6. The van der Waals surface area contributed by atoms with E-state index in [0.717, 1.165) is 117 Å². The maximum absolute atomic E-state index is 14.8. The lowest BCUT2D eigenvalue weighted by Crippen LogP contribution is -2.57. The van der Waals surface area contributed by atoms with Crippen LogP contribution in [0.2, 0.25) is 5.02 Å². The highest BCUT2D eigenvalue weighted by Crippen LogP contribution is 2.41. The van der Waals surface area contributed by atoms with Crippen molar-refractivity contribution in [2.45, 2.75) is 109 Å². The number of halogens is 5. The molecule has 2 aliphatic heterocycles. The standard InChI is InChI=1S/C25H23ClF3NO3.C23H29NO3S.C21H26N2O3S.C20H18FNO2.C18H17NO2S/c1-30(16-24(31)32)14-13-23(17-3-2-4-20(26)15-17)33-22-11-7-19(8-12-22)25(28,29)18-5-9-21(27)10-6-18;1-23(2,3)17-10-12-18(13-11-17)28-21-9-5-4-8-20(21)27-16-15-24-14-6-7-19(24)22(25)26;1-15-13-23(16(2)12-22(15)14-21(24)25)19-6-4-5-7-20(19)27-18-10-8-17(26-3)9-11-18;1-22(15-20(23)24)14-13-18(17-5-3-2-4-6-17)10-7-16-8-11-19(21)12-9-16;1-19(13-18(20)21)11-9-17(16-5-3-2-4-6-16)8-7-15-10-12-22-14-15/h2-12,15,23H,13-14,16H2,1H3,(H,31,32);4-5,8-13,19H,6-7,14-16H2,1-3H3,(H,25,26);4-11,15-16H,12-14H2,1-3H3,(H,24,25);2-6,8-9,11-13H,14-15H2,1H3,(H,23,24);2-6,9-10,12,14H,11,13H2,1H3,(H,20,21)/b;;;18-13-;17-9-/t;19-;;;/m.0.../s1. The molecule has 2 saturated heterocycles. The van der Waals surface area contributed by atoms with E-state index in [-0.39, 0.29) is 66.7 Å². The van der Waals surface area contributed by atoms with E-state index in [0.29, 0.717) is 50.0 Å². The van der Waals surface area contributed by atoms with E-state index >= 15 is 0 Å². The Balaban J connectivity index is 0.000000189. The number of methoxy groups -OCH3 is 1. The van der Waals surface area contributed by atoms with E-state index < -0.39 is 47.7 Å². The van der Waals surface area contributed by atoms with Crippen LogP contribution in [0.25, 0.3) is 11.1 Å². The van der Waals surface area contributed by atoms with Gasteiger partial charge in [0.05, 0.1) is 43.9 Å². The number of hydrogen-bond donors (Lipinski definition) is 5. The second-order valence-corrected chi connectivity index (χ2v) is 36.4.